The minimum Gasteiger partial charge on any atom is -0.263 e. The van der Waals surface area contributed by atoms with Crippen LogP contribution in [0.2, 0.25) is 5.02 Å². The Bertz CT molecular complexity index is 383. The van der Waals surface area contributed by atoms with Crippen LogP contribution in [-0.4, -0.2) is 9.81 Å². The number of nitrogens with zero attached hydrogens (tertiary/aromatic N) is 1. The van der Waals surface area contributed by atoms with Crippen molar-refractivity contribution in [1.29, 1.82) is 0 Å². The summed E-state index contributed by atoms with van der Waals surface area (Å²) in [6.07, 6.45) is 11.4. The second-order valence-electron chi connectivity index (χ2n) is 5.42. The van der Waals surface area contributed by atoms with E-state index in [1.165, 1.54) is 37.7 Å². The van der Waals surface area contributed by atoms with Crippen LogP contribution in [-0.2, 0) is 6.42 Å². The highest BCUT2D eigenvalue weighted by molar-refractivity contribution is 9.09. The SMILES string of the molecule is CCCC1CCC(Br)C(Cc2ccncc2Cl)C1. The van der Waals surface area contributed by atoms with Crippen molar-refractivity contribution in [1.82, 2.24) is 4.98 Å². The molecule has 1 saturated carbocycles. The average molecular weight is 331 g/mol. The number of alkyl halides is 1. The minimum atomic E-state index is 0.648. The van der Waals surface area contributed by atoms with Crippen molar-refractivity contribution in [2.45, 2.75) is 50.3 Å². The first-order valence-corrected chi connectivity index (χ1v) is 8.22. The molecule has 0 bridgehead atoms. The highest BCUT2D eigenvalue weighted by Gasteiger charge is 2.28. The molecular weight excluding hydrogens is 310 g/mol. The predicted molar refractivity (Wildman–Crippen MR) is 81.4 cm³/mol. The van der Waals surface area contributed by atoms with Gasteiger partial charge in [0.05, 0.1) is 5.02 Å². The molecule has 3 unspecified atom stereocenters. The Morgan fingerprint density at radius 2 is 2.28 bits per heavy atom. The zero-order valence-corrected chi connectivity index (χ0v) is 13.3. The molecular formula is C15H21BrClN. The maximum Gasteiger partial charge on any atom is 0.0621 e. The normalized spacial score (nSPS) is 28.3. The lowest BCUT2D eigenvalue weighted by Crippen LogP contribution is -2.26. The molecule has 1 aromatic rings. The Morgan fingerprint density at radius 3 is 3.00 bits per heavy atom. The van der Waals surface area contributed by atoms with Crippen LogP contribution < -0.4 is 0 Å². The molecule has 1 nitrogen and oxygen atoms in total. The van der Waals surface area contributed by atoms with Gasteiger partial charge in [-0.05, 0) is 49.1 Å². The van der Waals surface area contributed by atoms with Crippen molar-refractivity contribution < 1.29 is 0 Å². The molecule has 1 aromatic heterocycles. The first-order chi connectivity index (χ1) is 8.70. The van der Waals surface area contributed by atoms with Gasteiger partial charge in [-0.3, -0.25) is 4.98 Å². The number of halogens is 2. The van der Waals surface area contributed by atoms with E-state index in [-0.39, 0.29) is 0 Å². The molecule has 3 atom stereocenters. The van der Waals surface area contributed by atoms with Gasteiger partial charge in [0.25, 0.3) is 0 Å². The van der Waals surface area contributed by atoms with E-state index in [0.717, 1.165) is 23.3 Å². The van der Waals surface area contributed by atoms with Crippen molar-refractivity contribution in [3.8, 4) is 0 Å². The quantitative estimate of drug-likeness (QED) is 0.686. The number of hydrogen-bond acceptors (Lipinski definition) is 1. The Balaban J connectivity index is 2.00. The zero-order valence-electron chi connectivity index (χ0n) is 10.9. The van der Waals surface area contributed by atoms with Gasteiger partial charge >= 0.3 is 0 Å². The maximum atomic E-state index is 6.21. The van der Waals surface area contributed by atoms with Crippen LogP contribution >= 0.6 is 27.5 Å². The summed E-state index contributed by atoms with van der Waals surface area (Å²) in [5.74, 6) is 1.63. The molecule has 2 rings (SSSR count). The van der Waals surface area contributed by atoms with Gasteiger partial charge in [-0.2, -0.15) is 0 Å². The summed E-state index contributed by atoms with van der Waals surface area (Å²) in [5, 5.41) is 0.815. The van der Waals surface area contributed by atoms with Crippen molar-refractivity contribution in [2.75, 3.05) is 0 Å². The topological polar surface area (TPSA) is 12.9 Å². The Morgan fingerprint density at radius 1 is 1.44 bits per heavy atom. The highest BCUT2D eigenvalue weighted by atomic mass is 79.9. The molecule has 100 valence electrons. The van der Waals surface area contributed by atoms with Crippen LogP contribution in [0.3, 0.4) is 0 Å². The van der Waals surface area contributed by atoms with Gasteiger partial charge in [0.2, 0.25) is 0 Å². The van der Waals surface area contributed by atoms with Crippen LogP contribution in [0.4, 0.5) is 0 Å². The summed E-state index contributed by atoms with van der Waals surface area (Å²) in [6, 6.07) is 2.06. The fraction of sp³-hybridized carbons (Fsp3) is 0.667. The summed E-state index contributed by atoms with van der Waals surface area (Å²) in [4.78, 5) is 4.71. The fourth-order valence-electron chi connectivity index (χ4n) is 3.06. The van der Waals surface area contributed by atoms with Gasteiger partial charge in [-0.1, -0.05) is 47.3 Å². The first-order valence-electron chi connectivity index (χ1n) is 6.93. The van der Waals surface area contributed by atoms with E-state index in [2.05, 4.69) is 33.9 Å². The number of hydrogen-bond donors (Lipinski definition) is 0. The van der Waals surface area contributed by atoms with E-state index in [9.17, 15) is 0 Å². The first kappa shape index (κ1) is 14.3. The van der Waals surface area contributed by atoms with Crippen LogP contribution in [0.15, 0.2) is 18.5 Å². The average Bonchev–Trinajstić information content (AvgIpc) is 2.36. The van der Waals surface area contributed by atoms with Gasteiger partial charge in [-0.25, -0.2) is 0 Å². The van der Waals surface area contributed by atoms with Gasteiger partial charge in [-0.15, -0.1) is 0 Å². The molecule has 18 heavy (non-hydrogen) atoms. The third-order valence-corrected chi connectivity index (χ3v) is 5.58. The Kier molecular flexibility index (Phi) is 5.50. The standard InChI is InChI=1S/C15H21BrClN/c1-2-3-11-4-5-14(16)13(8-11)9-12-6-7-18-10-15(12)17/h6-7,10-11,13-14H,2-5,8-9H2,1H3. The van der Waals surface area contributed by atoms with E-state index in [4.69, 9.17) is 11.6 Å². The lowest BCUT2D eigenvalue weighted by atomic mass is 9.77. The lowest BCUT2D eigenvalue weighted by Gasteiger charge is -2.33. The van der Waals surface area contributed by atoms with E-state index >= 15 is 0 Å². The molecule has 0 N–H and O–H groups in total. The van der Waals surface area contributed by atoms with Crippen molar-refractivity contribution in [2.24, 2.45) is 11.8 Å². The van der Waals surface area contributed by atoms with Crippen LogP contribution in [0, 0.1) is 11.8 Å². The van der Waals surface area contributed by atoms with E-state index in [1.54, 1.807) is 6.20 Å². The van der Waals surface area contributed by atoms with E-state index < -0.39 is 0 Å². The second-order valence-corrected chi connectivity index (χ2v) is 7.00. The summed E-state index contributed by atoms with van der Waals surface area (Å²) in [7, 11) is 0. The van der Waals surface area contributed by atoms with Gasteiger partial charge in [0.1, 0.15) is 0 Å². The van der Waals surface area contributed by atoms with E-state index in [1.807, 2.05) is 6.20 Å². The second kappa shape index (κ2) is 6.91. The molecule has 0 radical (unpaired) electrons. The summed E-state index contributed by atoms with van der Waals surface area (Å²) < 4.78 is 0. The monoisotopic (exact) mass is 329 g/mol. The Hall–Kier alpha value is -0.0800. The van der Waals surface area contributed by atoms with Gasteiger partial charge < -0.3 is 0 Å². The van der Waals surface area contributed by atoms with Crippen LogP contribution in [0.1, 0.15) is 44.6 Å². The maximum absolute atomic E-state index is 6.21. The molecule has 1 aliphatic rings. The molecule has 0 spiro atoms. The fourth-order valence-corrected chi connectivity index (χ4v) is 3.92. The van der Waals surface area contributed by atoms with Gasteiger partial charge in [0, 0.05) is 17.2 Å². The molecule has 0 amide bonds. The van der Waals surface area contributed by atoms with E-state index in [0.29, 0.717) is 4.83 Å². The lowest BCUT2D eigenvalue weighted by molar-refractivity contribution is 0.263. The molecule has 1 aliphatic carbocycles. The van der Waals surface area contributed by atoms with Crippen LogP contribution in [0.5, 0.6) is 0 Å². The molecule has 3 heteroatoms. The summed E-state index contributed by atoms with van der Waals surface area (Å²) in [6.45, 7) is 2.29. The third kappa shape index (κ3) is 3.71. The number of pyridine rings is 1. The predicted octanol–water partition coefficient (Wildman–Crippen LogP) is 5.26. The molecule has 1 heterocycles. The number of rotatable bonds is 4. The highest BCUT2D eigenvalue weighted by Crippen LogP contribution is 2.38. The van der Waals surface area contributed by atoms with Gasteiger partial charge in [0.15, 0.2) is 0 Å². The van der Waals surface area contributed by atoms with Crippen LogP contribution in [0.25, 0.3) is 0 Å². The summed E-state index contributed by atoms with van der Waals surface area (Å²) >= 11 is 10.1. The summed E-state index contributed by atoms with van der Waals surface area (Å²) in [5.41, 5.74) is 1.25. The number of aromatic nitrogens is 1. The smallest absolute Gasteiger partial charge is 0.0621 e. The zero-order chi connectivity index (χ0) is 13.0. The molecule has 0 aromatic carbocycles. The molecule has 0 saturated heterocycles. The molecule has 1 fully saturated rings. The van der Waals surface area contributed by atoms with Crippen molar-refractivity contribution in [3.63, 3.8) is 0 Å². The molecule has 0 aliphatic heterocycles. The largest absolute Gasteiger partial charge is 0.263 e. The Labute approximate surface area is 123 Å². The van der Waals surface area contributed by atoms with Crippen molar-refractivity contribution >= 4 is 27.5 Å². The minimum absolute atomic E-state index is 0.648. The third-order valence-electron chi connectivity index (χ3n) is 4.03. The van der Waals surface area contributed by atoms with Crippen molar-refractivity contribution in [3.05, 3.63) is 29.0 Å².